The number of nitrogens with zero attached hydrogens (tertiary/aromatic N) is 3. The molecule has 0 fully saturated rings. The first-order chi connectivity index (χ1) is 20.1. The molecule has 0 atom stereocenters. The van der Waals surface area contributed by atoms with E-state index in [4.69, 9.17) is 14.2 Å². The minimum Gasteiger partial charge on any atom is -0.493 e. The molecule has 1 N–H and O–H groups in total. The number of ketones is 2. The molecular formula is C32H28N4O5. The molecule has 1 aliphatic heterocycles. The minimum atomic E-state index is -0.219. The maximum Gasteiger partial charge on any atom is 0.186 e. The van der Waals surface area contributed by atoms with Gasteiger partial charge in [0, 0.05) is 53.3 Å². The van der Waals surface area contributed by atoms with Gasteiger partial charge in [0.05, 0.1) is 19.2 Å². The van der Waals surface area contributed by atoms with Gasteiger partial charge < -0.3 is 24.4 Å². The van der Waals surface area contributed by atoms with Crippen LogP contribution < -0.4 is 19.7 Å². The second kappa shape index (κ2) is 11.2. The van der Waals surface area contributed by atoms with Crippen LogP contribution >= 0.6 is 0 Å². The van der Waals surface area contributed by atoms with E-state index in [0.29, 0.717) is 52.9 Å². The van der Waals surface area contributed by atoms with Crippen molar-refractivity contribution in [1.29, 1.82) is 0 Å². The minimum absolute atomic E-state index is 0.214. The zero-order chi connectivity index (χ0) is 28.3. The number of para-hydroxylation sites is 1. The predicted octanol–water partition coefficient (Wildman–Crippen LogP) is 5.19. The molecule has 0 spiro atoms. The summed E-state index contributed by atoms with van der Waals surface area (Å²) in [7, 11) is 3.19. The number of fused-ring (bicyclic) bond motifs is 2. The molecule has 6 rings (SSSR count). The second-order valence-electron chi connectivity index (χ2n) is 9.63. The maximum absolute atomic E-state index is 13.0. The summed E-state index contributed by atoms with van der Waals surface area (Å²) in [6, 6.07) is 17.7. The summed E-state index contributed by atoms with van der Waals surface area (Å²) in [5.41, 5.74) is 5.58. The van der Waals surface area contributed by atoms with Crippen molar-refractivity contribution in [1.82, 2.24) is 9.97 Å². The highest BCUT2D eigenvalue weighted by Gasteiger charge is 2.26. The number of ether oxygens (including phenoxy) is 3. The molecule has 2 heterocycles. The predicted molar refractivity (Wildman–Crippen MR) is 157 cm³/mol. The van der Waals surface area contributed by atoms with E-state index in [0.717, 1.165) is 29.7 Å². The number of carbonyl (C=O) groups excluding carboxylic acids is 2. The van der Waals surface area contributed by atoms with E-state index in [9.17, 15) is 9.59 Å². The molecule has 0 saturated carbocycles. The Morgan fingerprint density at radius 1 is 0.927 bits per heavy atom. The Kier molecular flexibility index (Phi) is 7.18. The van der Waals surface area contributed by atoms with Crippen LogP contribution in [0, 0.1) is 0 Å². The molecule has 3 aromatic carbocycles. The van der Waals surface area contributed by atoms with Crippen LogP contribution in [0.3, 0.4) is 0 Å². The molecule has 0 amide bonds. The maximum atomic E-state index is 13.0. The summed E-state index contributed by atoms with van der Waals surface area (Å²) in [5.74, 6) is 1.22. The van der Waals surface area contributed by atoms with Crippen LogP contribution in [0.5, 0.6) is 11.5 Å². The number of allylic oxidation sites excluding steroid dienone is 4. The average Bonchev–Trinajstić information content (AvgIpc) is 3.42. The van der Waals surface area contributed by atoms with Gasteiger partial charge in [-0.05, 0) is 60.5 Å². The van der Waals surface area contributed by atoms with Crippen LogP contribution in [0.4, 0.5) is 22.9 Å². The van der Waals surface area contributed by atoms with Crippen molar-refractivity contribution in [2.24, 2.45) is 0 Å². The van der Waals surface area contributed by atoms with E-state index in [1.54, 1.807) is 20.3 Å². The molecule has 1 aromatic heterocycles. The van der Waals surface area contributed by atoms with E-state index in [-0.39, 0.29) is 11.6 Å². The summed E-state index contributed by atoms with van der Waals surface area (Å²) in [6.07, 6.45) is 6.40. The number of carbonyl (C=O) groups is 2. The van der Waals surface area contributed by atoms with Crippen molar-refractivity contribution in [3.05, 3.63) is 90.3 Å². The van der Waals surface area contributed by atoms with E-state index in [1.165, 1.54) is 30.1 Å². The van der Waals surface area contributed by atoms with E-state index >= 15 is 0 Å². The second-order valence-corrected chi connectivity index (χ2v) is 9.63. The van der Waals surface area contributed by atoms with Gasteiger partial charge in [-0.25, -0.2) is 9.97 Å². The third-order valence-corrected chi connectivity index (χ3v) is 7.14. The van der Waals surface area contributed by atoms with Gasteiger partial charge in [-0.2, -0.15) is 0 Å². The third-order valence-electron chi connectivity index (χ3n) is 7.14. The van der Waals surface area contributed by atoms with Gasteiger partial charge in [0.15, 0.2) is 23.1 Å². The quantitative estimate of drug-likeness (QED) is 0.223. The number of anilines is 4. The Balaban J connectivity index is 1.41. The standard InChI is InChI=1S/C32H28N4O5/c1-39-13-14-41-31-18-26-25(17-30(31)40-2)32(34-19-33-26)35-21-7-9-28(36-12-11-20-5-3-4-6-27(20)36)23(15-21)24-16-22(37)8-10-29(24)38/h3-10,15-19H,11-14H2,1-2H3,(H,33,34,35). The molecule has 0 saturated heterocycles. The van der Waals surface area contributed by atoms with Gasteiger partial charge in [0.25, 0.3) is 0 Å². The highest BCUT2D eigenvalue weighted by atomic mass is 16.5. The summed E-state index contributed by atoms with van der Waals surface area (Å²) in [5, 5.41) is 4.12. The van der Waals surface area contributed by atoms with Crippen molar-refractivity contribution in [3.63, 3.8) is 0 Å². The van der Waals surface area contributed by atoms with Crippen molar-refractivity contribution < 1.29 is 23.8 Å². The lowest BCUT2D eigenvalue weighted by Crippen LogP contribution is -2.17. The third kappa shape index (κ3) is 5.15. The average molecular weight is 549 g/mol. The van der Waals surface area contributed by atoms with Crippen molar-refractivity contribution in [2.45, 2.75) is 6.42 Å². The van der Waals surface area contributed by atoms with Crippen molar-refractivity contribution in [2.75, 3.05) is 44.2 Å². The van der Waals surface area contributed by atoms with Gasteiger partial charge in [0.2, 0.25) is 0 Å². The lowest BCUT2D eigenvalue weighted by Gasteiger charge is -2.25. The zero-order valence-electron chi connectivity index (χ0n) is 22.7. The van der Waals surface area contributed by atoms with E-state index < -0.39 is 0 Å². The number of nitrogens with one attached hydrogen (secondary N) is 1. The van der Waals surface area contributed by atoms with Crippen LogP contribution in [0.1, 0.15) is 11.1 Å². The SMILES string of the molecule is COCCOc1cc2ncnc(Nc3ccc(N4CCc5ccccc54)c(C4=CC(=O)C=CC4=O)c3)c2cc1OC. The van der Waals surface area contributed by atoms with Crippen LogP contribution in [-0.4, -0.2) is 55.5 Å². The normalized spacial score (nSPS) is 14.3. The molecule has 0 radical (unpaired) electrons. The number of aromatic nitrogens is 2. The smallest absolute Gasteiger partial charge is 0.186 e. The van der Waals surface area contributed by atoms with Crippen LogP contribution in [0.15, 0.2) is 79.2 Å². The van der Waals surface area contributed by atoms with Gasteiger partial charge in [-0.1, -0.05) is 18.2 Å². The lowest BCUT2D eigenvalue weighted by molar-refractivity contribution is -0.113. The zero-order valence-corrected chi connectivity index (χ0v) is 22.7. The van der Waals surface area contributed by atoms with E-state index in [1.807, 2.05) is 36.4 Å². The van der Waals surface area contributed by atoms with Crippen LogP contribution in [0.25, 0.3) is 16.5 Å². The molecule has 41 heavy (non-hydrogen) atoms. The molecule has 4 aromatic rings. The fraction of sp³-hybridized carbons (Fsp3) is 0.188. The highest BCUT2D eigenvalue weighted by Crippen LogP contribution is 2.41. The lowest BCUT2D eigenvalue weighted by atomic mass is 9.94. The number of benzene rings is 3. The summed E-state index contributed by atoms with van der Waals surface area (Å²) in [4.78, 5) is 36.4. The first kappa shape index (κ1) is 26.2. The van der Waals surface area contributed by atoms with Crippen molar-refractivity contribution in [3.8, 4) is 11.5 Å². The largest absolute Gasteiger partial charge is 0.493 e. The fourth-order valence-corrected chi connectivity index (χ4v) is 5.18. The Morgan fingerprint density at radius 3 is 2.66 bits per heavy atom. The van der Waals surface area contributed by atoms with Gasteiger partial charge in [-0.15, -0.1) is 0 Å². The Hall–Kier alpha value is -5.02. The van der Waals surface area contributed by atoms with Crippen molar-refractivity contribution >= 4 is 50.9 Å². The molecule has 206 valence electrons. The molecule has 2 aliphatic rings. The van der Waals surface area contributed by atoms with Gasteiger partial charge >= 0.3 is 0 Å². The molecule has 0 unspecified atom stereocenters. The highest BCUT2D eigenvalue weighted by molar-refractivity contribution is 6.34. The first-order valence-corrected chi connectivity index (χ1v) is 13.2. The fourth-order valence-electron chi connectivity index (χ4n) is 5.18. The Morgan fingerprint density at radius 2 is 1.80 bits per heavy atom. The Bertz CT molecular complexity index is 1730. The topological polar surface area (TPSA) is 103 Å². The van der Waals surface area contributed by atoms with Crippen LogP contribution in [0.2, 0.25) is 0 Å². The summed E-state index contributed by atoms with van der Waals surface area (Å²) in [6.45, 7) is 1.59. The number of hydrogen-bond donors (Lipinski definition) is 1. The monoisotopic (exact) mass is 548 g/mol. The molecular weight excluding hydrogens is 520 g/mol. The molecule has 9 nitrogen and oxygen atoms in total. The number of methoxy groups -OCH3 is 2. The number of hydrogen-bond acceptors (Lipinski definition) is 9. The molecule has 9 heteroatoms. The summed E-state index contributed by atoms with van der Waals surface area (Å²) >= 11 is 0. The summed E-state index contributed by atoms with van der Waals surface area (Å²) < 4.78 is 16.5. The van der Waals surface area contributed by atoms with Crippen LogP contribution in [-0.2, 0) is 20.7 Å². The first-order valence-electron chi connectivity index (χ1n) is 13.2. The van der Waals surface area contributed by atoms with Gasteiger partial charge in [-0.3, -0.25) is 9.59 Å². The van der Waals surface area contributed by atoms with E-state index in [2.05, 4.69) is 32.3 Å². The Labute approximate surface area is 237 Å². The molecule has 0 bridgehead atoms. The van der Waals surface area contributed by atoms with Gasteiger partial charge in [0.1, 0.15) is 18.8 Å². The number of rotatable bonds is 9. The molecule has 1 aliphatic carbocycles.